The molecule has 3 heterocycles. The first-order valence-corrected chi connectivity index (χ1v) is 11.1. The molecule has 1 unspecified atom stereocenters. The van der Waals surface area contributed by atoms with Gasteiger partial charge in [-0.2, -0.15) is 22.1 Å². The molecule has 2 aliphatic heterocycles. The van der Waals surface area contributed by atoms with Crippen molar-refractivity contribution in [3.63, 3.8) is 0 Å². The van der Waals surface area contributed by atoms with Gasteiger partial charge < -0.3 is 9.47 Å². The zero-order valence-corrected chi connectivity index (χ0v) is 17.0. The van der Waals surface area contributed by atoms with E-state index < -0.39 is 10.2 Å². The third kappa shape index (κ3) is 4.33. The fourth-order valence-corrected chi connectivity index (χ4v) is 5.32. The number of H-pyrrole nitrogens is 1. The number of hydrogen-bond acceptors (Lipinski definition) is 5. The van der Waals surface area contributed by atoms with Crippen LogP contribution in [-0.2, 0) is 21.6 Å². The van der Waals surface area contributed by atoms with Crippen LogP contribution in [0.25, 0.3) is 0 Å². The van der Waals surface area contributed by atoms with E-state index in [4.69, 9.17) is 21.1 Å². The predicted octanol–water partition coefficient (Wildman–Crippen LogP) is 2.01. The minimum atomic E-state index is -3.43. The van der Waals surface area contributed by atoms with Gasteiger partial charge in [0.05, 0.1) is 24.6 Å². The molecular weight excluding hydrogens is 404 g/mol. The van der Waals surface area contributed by atoms with Gasteiger partial charge in [-0.15, -0.1) is 0 Å². The SMILES string of the molecule is O=S(=O)(N1CCOCC1)N1CCC(c2cc(COc3cccc(Cl)c3)[nH]n2)C1. The maximum absolute atomic E-state index is 12.8. The number of benzene rings is 1. The Balaban J connectivity index is 1.35. The molecule has 8 nitrogen and oxygen atoms in total. The maximum atomic E-state index is 12.8. The van der Waals surface area contributed by atoms with E-state index in [1.165, 1.54) is 4.31 Å². The Morgan fingerprint density at radius 1 is 1.21 bits per heavy atom. The maximum Gasteiger partial charge on any atom is 0.282 e. The highest BCUT2D eigenvalue weighted by Crippen LogP contribution is 2.29. The Hall–Kier alpha value is -1.65. The summed E-state index contributed by atoms with van der Waals surface area (Å²) >= 11 is 5.96. The van der Waals surface area contributed by atoms with E-state index in [1.807, 2.05) is 18.2 Å². The van der Waals surface area contributed by atoms with Gasteiger partial charge in [-0.3, -0.25) is 5.10 Å². The summed E-state index contributed by atoms with van der Waals surface area (Å²) in [5, 5.41) is 7.97. The molecule has 4 rings (SSSR count). The standard InChI is InChI=1S/C18H23ClN4O4S/c19-15-2-1-3-17(10-15)27-13-16-11-18(21-20-16)14-4-5-23(12-14)28(24,25)22-6-8-26-9-7-22/h1-3,10-11,14H,4-9,12-13H2,(H,20,21). The summed E-state index contributed by atoms with van der Waals surface area (Å²) in [7, 11) is -3.43. The van der Waals surface area contributed by atoms with Crippen molar-refractivity contribution in [1.29, 1.82) is 0 Å². The van der Waals surface area contributed by atoms with Crippen molar-refractivity contribution in [3.8, 4) is 5.75 Å². The lowest BCUT2D eigenvalue weighted by atomic mass is 10.1. The third-order valence-corrected chi connectivity index (χ3v) is 7.27. The number of halogens is 1. The highest BCUT2D eigenvalue weighted by Gasteiger charge is 2.37. The van der Waals surface area contributed by atoms with Crippen LogP contribution in [0.15, 0.2) is 30.3 Å². The Morgan fingerprint density at radius 2 is 2.04 bits per heavy atom. The highest BCUT2D eigenvalue weighted by molar-refractivity contribution is 7.86. The van der Waals surface area contributed by atoms with E-state index in [2.05, 4.69) is 10.2 Å². The number of aromatic amines is 1. The van der Waals surface area contributed by atoms with Crippen LogP contribution in [-0.4, -0.2) is 66.6 Å². The Labute approximate surface area is 169 Å². The zero-order valence-electron chi connectivity index (χ0n) is 15.4. The van der Waals surface area contributed by atoms with E-state index >= 15 is 0 Å². The van der Waals surface area contributed by atoms with Crippen LogP contribution < -0.4 is 4.74 Å². The third-order valence-electron chi connectivity index (χ3n) is 5.03. The summed E-state index contributed by atoms with van der Waals surface area (Å²) in [4.78, 5) is 0. The molecule has 0 radical (unpaired) electrons. The molecule has 0 spiro atoms. The molecule has 1 atom stereocenters. The summed E-state index contributed by atoms with van der Waals surface area (Å²) in [5.41, 5.74) is 1.70. The second kappa shape index (κ2) is 8.38. The molecule has 2 aromatic rings. The van der Waals surface area contributed by atoms with Crippen LogP contribution in [0.4, 0.5) is 0 Å². The first-order chi connectivity index (χ1) is 13.5. The molecule has 0 saturated carbocycles. The van der Waals surface area contributed by atoms with Crippen LogP contribution >= 0.6 is 11.6 Å². The molecule has 2 aliphatic rings. The fraction of sp³-hybridized carbons (Fsp3) is 0.500. The lowest BCUT2D eigenvalue weighted by Crippen LogP contribution is -2.47. The number of hydrogen-bond donors (Lipinski definition) is 1. The van der Waals surface area contributed by atoms with Crippen LogP contribution in [0.3, 0.4) is 0 Å². The summed E-state index contributed by atoms with van der Waals surface area (Å²) in [6.07, 6.45) is 0.753. The van der Waals surface area contributed by atoms with Gasteiger partial charge in [0, 0.05) is 37.1 Å². The van der Waals surface area contributed by atoms with E-state index in [0.29, 0.717) is 56.8 Å². The quantitative estimate of drug-likeness (QED) is 0.763. The molecule has 1 aromatic carbocycles. The van der Waals surface area contributed by atoms with Gasteiger partial charge in [0.15, 0.2) is 0 Å². The van der Waals surface area contributed by atoms with Gasteiger partial charge in [0.25, 0.3) is 10.2 Å². The molecule has 10 heteroatoms. The van der Waals surface area contributed by atoms with Gasteiger partial charge in [-0.25, -0.2) is 0 Å². The normalized spacial score (nSPS) is 21.8. The molecule has 0 bridgehead atoms. The van der Waals surface area contributed by atoms with Gasteiger partial charge in [0.2, 0.25) is 0 Å². The Bertz CT molecular complexity index is 914. The minimum absolute atomic E-state index is 0.0759. The molecule has 0 amide bonds. The molecule has 2 fully saturated rings. The number of nitrogens with one attached hydrogen (secondary N) is 1. The van der Waals surface area contributed by atoms with Crippen molar-refractivity contribution in [1.82, 2.24) is 18.8 Å². The second-order valence-corrected chi connectivity index (χ2v) is 9.29. The predicted molar refractivity (Wildman–Crippen MR) is 105 cm³/mol. The molecular formula is C18H23ClN4O4S. The van der Waals surface area contributed by atoms with Gasteiger partial charge in [-0.05, 0) is 30.7 Å². The largest absolute Gasteiger partial charge is 0.487 e. The smallest absolute Gasteiger partial charge is 0.282 e. The van der Waals surface area contributed by atoms with Crippen LogP contribution in [0.1, 0.15) is 23.7 Å². The Kier molecular flexibility index (Phi) is 5.88. The summed E-state index contributed by atoms with van der Waals surface area (Å²) in [5.74, 6) is 0.763. The molecule has 28 heavy (non-hydrogen) atoms. The first-order valence-electron chi connectivity index (χ1n) is 9.28. The van der Waals surface area contributed by atoms with Crippen molar-refractivity contribution in [2.24, 2.45) is 0 Å². The Morgan fingerprint density at radius 3 is 2.82 bits per heavy atom. The molecule has 1 aromatic heterocycles. The fourth-order valence-electron chi connectivity index (χ4n) is 3.50. The molecule has 2 saturated heterocycles. The van der Waals surface area contributed by atoms with Gasteiger partial charge >= 0.3 is 0 Å². The lowest BCUT2D eigenvalue weighted by Gasteiger charge is -2.30. The number of ether oxygens (including phenoxy) is 2. The monoisotopic (exact) mass is 426 g/mol. The van der Waals surface area contributed by atoms with Crippen LogP contribution in [0.5, 0.6) is 5.75 Å². The van der Waals surface area contributed by atoms with Crippen LogP contribution in [0, 0.1) is 0 Å². The number of aromatic nitrogens is 2. The summed E-state index contributed by atoms with van der Waals surface area (Å²) in [6.45, 7) is 3.02. The van der Waals surface area contributed by atoms with Crippen molar-refractivity contribution >= 4 is 21.8 Å². The van der Waals surface area contributed by atoms with Crippen molar-refractivity contribution in [2.75, 3.05) is 39.4 Å². The highest BCUT2D eigenvalue weighted by atomic mass is 35.5. The summed E-state index contributed by atoms with van der Waals surface area (Å²) in [6, 6.07) is 9.16. The van der Waals surface area contributed by atoms with Crippen molar-refractivity contribution in [2.45, 2.75) is 18.9 Å². The minimum Gasteiger partial charge on any atom is -0.487 e. The second-order valence-electron chi connectivity index (χ2n) is 6.93. The lowest BCUT2D eigenvalue weighted by molar-refractivity contribution is 0.0705. The van der Waals surface area contributed by atoms with E-state index in [0.717, 1.165) is 17.8 Å². The average Bonchev–Trinajstić information content (AvgIpc) is 3.37. The van der Waals surface area contributed by atoms with E-state index in [1.54, 1.807) is 16.4 Å². The summed E-state index contributed by atoms with van der Waals surface area (Å²) < 4.78 is 39.6. The number of morpholine rings is 1. The van der Waals surface area contributed by atoms with Crippen molar-refractivity contribution in [3.05, 3.63) is 46.7 Å². The molecule has 152 valence electrons. The van der Waals surface area contributed by atoms with Crippen LogP contribution in [0.2, 0.25) is 5.02 Å². The number of rotatable bonds is 6. The molecule has 1 N–H and O–H groups in total. The molecule has 0 aliphatic carbocycles. The first kappa shape index (κ1) is 19.7. The van der Waals surface area contributed by atoms with E-state index in [9.17, 15) is 8.42 Å². The van der Waals surface area contributed by atoms with E-state index in [-0.39, 0.29) is 5.92 Å². The zero-order chi connectivity index (χ0) is 19.6. The topological polar surface area (TPSA) is 87.8 Å². The van der Waals surface area contributed by atoms with Crippen molar-refractivity contribution < 1.29 is 17.9 Å². The number of nitrogens with zero attached hydrogens (tertiary/aromatic N) is 3. The van der Waals surface area contributed by atoms with Gasteiger partial charge in [-0.1, -0.05) is 17.7 Å². The average molecular weight is 427 g/mol. The van der Waals surface area contributed by atoms with Gasteiger partial charge in [0.1, 0.15) is 12.4 Å².